The van der Waals surface area contributed by atoms with Gasteiger partial charge in [0.05, 0.1) is 33.8 Å². The van der Waals surface area contributed by atoms with Crippen molar-refractivity contribution in [2.45, 2.75) is 341 Å². The first-order valence-corrected chi connectivity index (χ1v) is 36.7. The molecule has 484 valence electrons. The van der Waals surface area contributed by atoms with Gasteiger partial charge in [-0.15, -0.1) is 0 Å². The van der Waals surface area contributed by atoms with Crippen molar-refractivity contribution in [3.8, 4) is 0 Å². The van der Waals surface area contributed by atoms with E-state index in [-0.39, 0.29) is 24.9 Å². The van der Waals surface area contributed by atoms with Gasteiger partial charge in [0, 0.05) is 12.8 Å². The fraction of sp³-hybridized carbons (Fsp3) is 0.808. The Morgan fingerprint density at radius 3 is 1.16 bits per heavy atom. The molecule has 9 nitrogen and oxygen atoms in total. The molecule has 3 atom stereocenters. The average Bonchev–Trinajstić information content (AvgIpc) is 3.46. The molecule has 0 bridgehead atoms. The molecular formula is C73H135N2O7P. The number of unbranched alkanes of at least 4 members (excludes halogenated alkanes) is 38. The van der Waals surface area contributed by atoms with Crippen molar-refractivity contribution in [1.82, 2.24) is 5.32 Å². The highest BCUT2D eigenvalue weighted by Gasteiger charge is 2.27. The number of nitrogens with zero attached hydrogens (tertiary/aromatic N) is 1. The van der Waals surface area contributed by atoms with Crippen molar-refractivity contribution < 1.29 is 37.3 Å². The van der Waals surface area contributed by atoms with E-state index < -0.39 is 26.6 Å². The van der Waals surface area contributed by atoms with E-state index in [0.717, 1.165) is 103 Å². The minimum Gasteiger partial charge on any atom is -0.756 e. The summed E-state index contributed by atoms with van der Waals surface area (Å²) in [6, 6.07) is -0.896. The fourth-order valence-electron chi connectivity index (χ4n) is 10.3. The Morgan fingerprint density at radius 1 is 0.434 bits per heavy atom. The minimum absolute atomic E-state index is 0.0254. The molecule has 0 saturated heterocycles. The third kappa shape index (κ3) is 63.8. The second kappa shape index (κ2) is 62.5. The van der Waals surface area contributed by atoms with E-state index in [1.807, 2.05) is 33.3 Å². The molecule has 83 heavy (non-hydrogen) atoms. The van der Waals surface area contributed by atoms with Crippen molar-refractivity contribution >= 4 is 19.7 Å². The summed E-state index contributed by atoms with van der Waals surface area (Å²) >= 11 is 0. The van der Waals surface area contributed by atoms with E-state index >= 15 is 0 Å². The van der Waals surface area contributed by atoms with Gasteiger partial charge in [-0.05, 0) is 76.7 Å². The first-order valence-electron chi connectivity index (χ1n) is 35.2. The lowest BCUT2D eigenvalue weighted by atomic mass is 10.0. The van der Waals surface area contributed by atoms with Crippen molar-refractivity contribution in [2.75, 3.05) is 40.9 Å². The number of hydrogen-bond acceptors (Lipinski definition) is 7. The summed E-state index contributed by atoms with van der Waals surface area (Å²) < 4.78 is 30.5. The Bertz CT molecular complexity index is 1650. The Labute approximate surface area is 514 Å². The molecule has 0 aliphatic carbocycles. The first-order chi connectivity index (χ1) is 40.4. The van der Waals surface area contributed by atoms with E-state index in [9.17, 15) is 19.0 Å². The second-order valence-corrected chi connectivity index (χ2v) is 26.4. The summed E-state index contributed by atoms with van der Waals surface area (Å²) in [6.45, 7) is 6.77. The van der Waals surface area contributed by atoms with Crippen molar-refractivity contribution in [3.05, 3.63) is 72.9 Å². The van der Waals surface area contributed by atoms with Crippen LogP contribution in [-0.2, 0) is 27.9 Å². The van der Waals surface area contributed by atoms with E-state index in [1.165, 1.54) is 193 Å². The van der Waals surface area contributed by atoms with Crippen molar-refractivity contribution in [3.63, 3.8) is 0 Å². The summed E-state index contributed by atoms with van der Waals surface area (Å²) in [6.07, 6.45) is 81.6. The van der Waals surface area contributed by atoms with Crippen LogP contribution in [0.25, 0.3) is 0 Å². The van der Waals surface area contributed by atoms with Gasteiger partial charge >= 0.3 is 5.97 Å². The standard InChI is InChI=1S/C73H135N2O7P/c1-7-10-13-16-19-22-25-28-30-32-34-36-37-39-40-42-44-47-50-53-56-59-62-65-72(76)74-70(69-81-83(78,79)80-68-67-75(4,5)6)71(64-61-58-55-52-49-46-27-24-21-18-15-12-9-3)82-73(77)66-63-60-57-54-51-48-45-43-41-38-35-33-31-29-26-23-20-17-14-11-8-2/h10,13,19,22,28,30,34,36,39-40,61,64,70-71H,7-9,11-12,14-18,20-21,23-27,29,31-33,35,37-38,41-60,62-63,65-69H2,1-6H3,(H-,74,76,78,79)/b13-10-,22-19-,30-28-,36-34-,40-39-,64-61+. The van der Waals surface area contributed by atoms with Crippen LogP contribution in [0.3, 0.4) is 0 Å². The molecule has 0 saturated carbocycles. The quantitative estimate of drug-likeness (QED) is 0.0212. The predicted molar refractivity (Wildman–Crippen MR) is 358 cm³/mol. The summed E-state index contributed by atoms with van der Waals surface area (Å²) in [5.74, 6) is -0.541. The van der Waals surface area contributed by atoms with E-state index in [1.54, 1.807) is 0 Å². The number of quaternary nitrogens is 1. The van der Waals surface area contributed by atoms with Gasteiger partial charge in [0.1, 0.15) is 19.3 Å². The number of carbonyl (C=O) groups is 2. The number of hydrogen-bond donors (Lipinski definition) is 1. The summed E-state index contributed by atoms with van der Waals surface area (Å²) in [7, 11) is 1.18. The highest BCUT2D eigenvalue weighted by Crippen LogP contribution is 2.38. The molecule has 3 unspecified atom stereocenters. The maximum Gasteiger partial charge on any atom is 0.306 e. The zero-order valence-corrected chi connectivity index (χ0v) is 56.3. The van der Waals surface area contributed by atoms with Crippen LogP contribution in [0.2, 0.25) is 0 Å². The van der Waals surface area contributed by atoms with Crippen LogP contribution in [0.15, 0.2) is 72.9 Å². The maximum atomic E-state index is 13.6. The highest BCUT2D eigenvalue weighted by molar-refractivity contribution is 7.45. The molecule has 0 aromatic heterocycles. The molecule has 0 aromatic carbocycles. The molecule has 1 N–H and O–H groups in total. The third-order valence-corrected chi connectivity index (χ3v) is 16.6. The van der Waals surface area contributed by atoms with Gasteiger partial charge in [-0.25, -0.2) is 0 Å². The summed E-state index contributed by atoms with van der Waals surface area (Å²) in [5, 5.41) is 3.04. The molecule has 0 heterocycles. The van der Waals surface area contributed by atoms with Gasteiger partial charge < -0.3 is 28.5 Å². The number of carbonyl (C=O) groups excluding carboxylic acids is 2. The van der Waals surface area contributed by atoms with Gasteiger partial charge in [0.25, 0.3) is 7.82 Å². The zero-order chi connectivity index (χ0) is 60.7. The topological polar surface area (TPSA) is 114 Å². The number of phosphoric acid groups is 1. The number of ether oxygens (including phenoxy) is 1. The highest BCUT2D eigenvalue weighted by atomic mass is 31.2. The van der Waals surface area contributed by atoms with Gasteiger partial charge in [-0.1, -0.05) is 312 Å². The lowest BCUT2D eigenvalue weighted by Crippen LogP contribution is -2.47. The smallest absolute Gasteiger partial charge is 0.306 e. The number of allylic oxidation sites excluding steroid dienone is 11. The Kier molecular flexibility index (Phi) is 60.6. The molecule has 0 aliphatic rings. The molecule has 1 amide bonds. The van der Waals surface area contributed by atoms with Gasteiger partial charge in [0.2, 0.25) is 5.91 Å². The largest absolute Gasteiger partial charge is 0.756 e. The van der Waals surface area contributed by atoms with Crippen LogP contribution in [0.1, 0.15) is 329 Å². The molecule has 0 aromatic rings. The molecule has 0 spiro atoms. The van der Waals surface area contributed by atoms with Gasteiger partial charge in [0.15, 0.2) is 0 Å². The number of likely N-dealkylation sites (N-methyl/N-ethyl adjacent to an activating group) is 1. The Hall–Kier alpha value is -2.55. The van der Waals surface area contributed by atoms with Crippen LogP contribution in [0, 0.1) is 0 Å². The number of phosphoric ester groups is 1. The number of esters is 1. The zero-order valence-electron chi connectivity index (χ0n) is 55.4. The minimum atomic E-state index is -4.71. The van der Waals surface area contributed by atoms with Crippen LogP contribution in [-0.4, -0.2) is 69.4 Å². The van der Waals surface area contributed by atoms with E-state index in [2.05, 4.69) is 86.8 Å². The number of rotatable bonds is 64. The second-order valence-electron chi connectivity index (χ2n) is 25.0. The van der Waals surface area contributed by atoms with Crippen LogP contribution in [0.5, 0.6) is 0 Å². The number of nitrogens with one attached hydrogen (secondary N) is 1. The number of amides is 1. The Balaban J connectivity index is 5.15. The van der Waals surface area contributed by atoms with Gasteiger partial charge in [-0.3, -0.25) is 14.2 Å². The SMILES string of the molecule is CC/C=C\C/C=C\C/C=C\C/C=C\C/C=C\CCCCCCCCCC(=O)NC(COP(=O)([O-])OCC[N+](C)(C)C)C(/C=C/CCCCCCCCCCCCC)OC(=O)CCCCCCCCCCCCCCCCCCCCCCC. The summed E-state index contributed by atoms with van der Waals surface area (Å²) in [5.41, 5.74) is 0. The van der Waals surface area contributed by atoms with Crippen molar-refractivity contribution in [1.29, 1.82) is 0 Å². The first kappa shape index (κ1) is 80.5. The molecule has 0 rings (SSSR count). The molecule has 0 fully saturated rings. The third-order valence-electron chi connectivity index (χ3n) is 15.7. The normalized spacial score (nSPS) is 14.0. The van der Waals surface area contributed by atoms with Crippen LogP contribution >= 0.6 is 7.82 Å². The van der Waals surface area contributed by atoms with E-state index in [0.29, 0.717) is 17.4 Å². The predicted octanol–water partition coefficient (Wildman–Crippen LogP) is 21.7. The maximum absolute atomic E-state index is 13.6. The van der Waals surface area contributed by atoms with Crippen LogP contribution in [0.4, 0.5) is 0 Å². The molecular weight excluding hydrogens is 1050 g/mol. The summed E-state index contributed by atoms with van der Waals surface area (Å²) in [4.78, 5) is 40.2. The van der Waals surface area contributed by atoms with E-state index in [4.69, 9.17) is 13.8 Å². The fourth-order valence-corrected chi connectivity index (χ4v) is 11.0. The van der Waals surface area contributed by atoms with Gasteiger partial charge in [-0.2, -0.15) is 0 Å². The van der Waals surface area contributed by atoms with Crippen molar-refractivity contribution in [2.24, 2.45) is 0 Å². The molecule has 10 heteroatoms. The molecule has 0 radical (unpaired) electrons. The lowest BCUT2D eigenvalue weighted by molar-refractivity contribution is -0.870. The average molecular weight is 1180 g/mol. The Morgan fingerprint density at radius 2 is 0.771 bits per heavy atom. The van der Waals surface area contributed by atoms with Crippen LogP contribution < -0.4 is 10.2 Å². The monoisotopic (exact) mass is 1180 g/mol. The molecule has 0 aliphatic heterocycles. The lowest BCUT2D eigenvalue weighted by Gasteiger charge is -2.30.